The predicted octanol–water partition coefficient (Wildman–Crippen LogP) is 0.749. The molecule has 3 aliphatic heterocycles. The molecule has 14 heavy (non-hydrogen) atoms. The van der Waals surface area contributed by atoms with Crippen LogP contribution >= 0.6 is 0 Å². The molecule has 0 spiro atoms. The average Bonchev–Trinajstić information content (AvgIpc) is 2.10. The van der Waals surface area contributed by atoms with Gasteiger partial charge in [-0.1, -0.05) is 6.42 Å². The first-order chi connectivity index (χ1) is 6.81. The zero-order valence-corrected chi connectivity index (χ0v) is 8.54. The second-order valence-corrected chi connectivity index (χ2v) is 5.10. The molecular weight excluding hydrogens is 176 g/mol. The largest absolute Gasteiger partial charge is 0.340 e. The molecule has 3 nitrogen and oxygen atoms in total. The standard InChI is InChI=1S/C11H18N2O/c14-11(4-8-2-1-3-8)13-6-9-5-10(7-13)12-9/h8-10,12H,1-7H2/t9-,10+. The van der Waals surface area contributed by atoms with Crippen molar-refractivity contribution < 1.29 is 4.79 Å². The van der Waals surface area contributed by atoms with E-state index >= 15 is 0 Å². The van der Waals surface area contributed by atoms with Crippen molar-refractivity contribution in [1.29, 1.82) is 0 Å². The minimum atomic E-state index is 0.408. The van der Waals surface area contributed by atoms with Gasteiger partial charge in [0, 0.05) is 31.6 Å². The number of rotatable bonds is 2. The lowest BCUT2D eigenvalue weighted by Crippen LogP contribution is -2.67. The van der Waals surface area contributed by atoms with Crippen molar-refractivity contribution in [2.45, 2.75) is 44.2 Å². The highest BCUT2D eigenvalue weighted by molar-refractivity contribution is 5.77. The zero-order chi connectivity index (χ0) is 9.54. The number of piperazine rings is 1. The number of carbonyl (C=O) groups excluding carboxylic acids is 1. The van der Waals surface area contributed by atoms with E-state index in [0.29, 0.717) is 23.9 Å². The second-order valence-electron chi connectivity index (χ2n) is 5.10. The lowest BCUT2D eigenvalue weighted by atomic mass is 9.82. The van der Waals surface area contributed by atoms with E-state index in [4.69, 9.17) is 0 Å². The molecule has 4 rings (SSSR count). The Morgan fingerprint density at radius 3 is 2.43 bits per heavy atom. The minimum Gasteiger partial charge on any atom is -0.340 e. The first kappa shape index (κ1) is 8.72. The van der Waals surface area contributed by atoms with Crippen LogP contribution in [0.4, 0.5) is 0 Å². The molecule has 0 aromatic carbocycles. The second kappa shape index (κ2) is 3.23. The van der Waals surface area contributed by atoms with Gasteiger partial charge < -0.3 is 10.2 Å². The van der Waals surface area contributed by atoms with E-state index in [1.807, 2.05) is 0 Å². The zero-order valence-electron chi connectivity index (χ0n) is 8.54. The lowest BCUT2D eigenvalue weighted by Gasteiger charge is -2.48. The number of hydrogen-bond donors (Lipinski definition) is 1. The van der Waals surface area contributed by atoms with Gasteiger partial charge in [-0.3, -0.25) is 4.79 Å². The summed E-state index contributed by atoms with van der Waals surface area (Å²) in [6.45, 7) is 1.92. The highest BCUT2D eigenvalue weighted by Gasteiger charge is 2.38. The summed E-state index contributed by atoms with van der Waals surface area (Å²) in [6, 6.07) is 1.22. The summed E-state index contributed by atoms with van der Waals surface area (Å²) in [6.07, 6.45) is 6.01. The molecule has 1 aliphatic carbocycles. The summed E-state index contributed by atoms with van der Waals surface area (Å²) in [5, 5.41) is 3.45. The Morgan fingerprint density at radius 1 is 1.29 bits per heavy atom. The van der Waals surface area contributed by atoms with E-state index in [-0.39, 0.29) is 0 Å². The van der Waals surface area contributed by atoms with Crippen LogP contribution in [0.3, 0.4) is 0 Å². The third kappa shape index (κ3) is 1.44. The summed E-state index contributed by atoms with van der Waals surface area (Å²) < 4.78 is 0. The summed E-state index contributed by atoms with van der Waals surface area (Å²) >= 11 is 0. The van der Waals surface area contributed by atoms with Gasteiger partial charge >= 0.3 is 0 Å². The van der Waals surface area contributed by atoms with Gasteiger partial charge in [-0.05, 0) is 25.2 Å². The molecule has 3 saturated heterocycles. The minimum absolute atomic E-state index is 0.408. The Labute approximate surface area is 84.8 Å². The van der Waals surface area contributed by atoms with Crippen LogP contribution in [0.5, 0.6) is 0 Å². The number of hydrogen-bond acceptors (Lipinski definition) is 2. The monoisotopic (exact) mass is 194 g/mol. The quantitative estimate of drug-likeness (QED) is 0.703. The molecule has 0 aromatic rings. The van der Waals surface area contributed by atoms with Crippen LogP contribution in [0, 0.1) is 5.92 Å². The fourth-order valence-corrected chi connectivity index (χ4v) is 2.79. The number of fused-ring (bicyclic) bond motifs is 2. The van der Waals surface area contributed by atoms with E-state index < -0.39 is 0 Å². The topological polar surface area (TPSA) is 32.3 Å². The third-order valence-corrected chi connectivity index (χ3v) is 3.96. The lowest BCUT2D eigenvalue weighted by molar-refractivity contribution is -0.136. The first-order valence-corrected chi connectivity index (χ1v) is 5.85. The number of carbonyl (C=O) groups is 1. The smallest absolute Gasteiger partial charge is 0.222 e. The van der Waals surface area contributed by atoms with E-state index in [2.05, 4.69) is 10.2 Å². The molecule has 0 radical (unpaired) electrons. The van der Waals surface area contributed by atoms with Crippen molar-refractivity contribution in [3.8, 4) is 0 Å². The van der Waals surface area contributed by atoms with Crippen molar-refractivity contribution in [3.05, 3.63) is 0 Å². The highest BCUT2D eigenvalue weighted by atomic mass is 16.2. The maximum atomic E-state index is 11.9. The number of nitrogens with zero attached hydrogens (tertiary/aromatic N) is 1. The molecule has 78 valence electrons. The molecular formula is C11H18N2O. The molecule has 2 bridgehead atoms. The summed E-state index contributed by atoms with van der Waals surface area (Å²) in [5.74, 6) is 1.12. The van der Waals surface area contributed by atoms with Crippen LogP contribution in [0.1, 0.15) is 32.1 Å². The van der Waals surface area contributed by atoms with E-state index in [0.717, 1.165) is 19.5 Å². The predicted molar refractivity (Wildman–Crippen MR) is 53.9 cm³/mol. The molecule has 1 saturated carbocycles. The Hall–Kier alpha value is -0.570. The molecule has 1 amide bonds. The first-order valence-electron chi connectivity index (χ1n) is 5.85. The molecule has 1 N–H and O–H groups in total. The molecule has 2 atom stereocenters. The molecule has 0 unspecified atom stereocenters. The molecule has 4 fully saturated rings. The van der Waals surface area contributed by atoms with E-state index in [1.165, 1.54) is 25.7 Å². The Morgan fingerprint density at radius 2 is 1.93 bits per heavy atom. The summed E-state index contributed by atoms with van der Waals surface area (Å²) in [7, 11) is 0. The number of amides is 1. The fraction of sp³-hybridized carbons (Fsp3) is 0.909. The summed E-state index contributed by atoms with van der Waals surface area (Å²) in [5.41, 5.74) is 0. The molecule has 4 aliphatic rings. The van der Waals surface area contributed by atoms with Crippen LogP contribution in [-0.2, 0) is 4.79 Å². The maximum Gasteiger partial charge on any atom is 0.222 e. The Bertz CT molecular complexity index is 234. The number of nitrogens with one attached hydrogen (secondary N) is 1. The fourth-order valence-electron chi connectivity index (χ4n) is 2.79. The highest BCUT2D eigenvalue weighted by Crippen LogP contribution is 2.31. The number of piperidine rings is 1. The Balaban J connectivity index is 1.51. The van der Waals surface area contributed by atoms with Crippen molar-refractivity contribution in [1.82, 2.24) is 10.2 Å². The SMILES string of the molecule is O=C(CC1CCC1)N1C[C@H]2C[C@@H](C1)N2. The van der Waals surface area contributed by atoms with Crippen molar-refractivity contribution >= 4 is 5.91 Å². The van der Waals surface area contributed by atoms with Gasteiger partial charge in [-0.2, -0.15) is 0 Å². The van der Waals surface area contributed by atoms with Crippen molar-refractivity contribution in [3.63, 3.8) is 0 Å². The average molecular weight is 194 g/mol. The summed E-state index contributed by atoms with van der Waals surface area (Å²) in [4.78, 5) is 13.9. The van der Waals surface area contributed by atoms with Crippen LogP contribution < -0.4 is 5.32 Å². The van der Waals surface area contributed by atoms with Gasteiger partial charge in [0.1, 0.15) is 0 Å². The molecule has 3 heterocycles. The van der Waals surface area contributed by atoms with Gasteiger partial charge in [0.15, 0.2) is 0 Å². The Kier molecular flexibility index (Phi) is 2.01. The van der Waals surface area contributed by atoms with Gasteiger partial charge in [0.05, 0.1) is 0 Å². The maximum absolute atomic E-state index is 11.9. The van der Waals surface area contributed by atoms with Gasteiger partial charge in [0.2, 0.25) is 5.91 Å². The van der Waals surface area contributed by atoms with Crippen LogP contribution in [0.2, 0.25) is 0 Å². The van der Waals surface area contributed by atoms with Gasteiger partial charge in [0.25, 0.3) is 0 Å². The van der Waals surface area contributed by atoms with E-state index in [9.17, 15) is 4.79 Å². The van der Waals surface area contributed by atoms with Crippen molar-refractivity contribution in [2.24, 2.45) is 5.92 Å². The van der Waals surface area contributed by atoms with Gasteiger partial charge in [-0.25, -0.2) is 0 Å². The molecule has 3 heteroatoms. The third-order valence-electron chi connectivity index (χ3n) is 3.96. The van der Waals surface area contributed by atoms with Crippen LogP contribution in [0.15, 0.2) is 0 Å². The van der Waals surface area contributed by atoms with E-state index in [1.54, 1.807) is 0 Å². The van der Waals surface area contributed by atoms with Crippen LogP contribution in [0.25, 0.3) is 0 Å². The van der Waals surface area contributed by atoms with Gasteiger partial charge in [-0.15, -0.1) is 0 Å². The van der Waals surface area contributed by atoms with Crippen molar-refractivity contribution in [2.75, 3.05) is 13.1 Å². The normalized spacial score (nSPS) is 36.1. The van der Waals surface area contributed by atoms with Crippen LogP contribution in [-0.4, -0.2) is 36.0 Å². The molecule has 0 aromatic heterocycles.